The van der Waals surface area contributed by atoms with Gasteiger partial charge in [0.05, 0.1) is 5.56 Å². The molecular formula is C15H17F3N2O. The van der Waals surface area contributed by atoms with Gasteiger partial charge in [0.1, 0.15) is 0 Å². The van der Waals surface area contributed by atoms with Crippen molar-refractivity contribution >= 4 is 5.91 Å². The van der Waals surface area contributed by atoms with Gasteiger partial charge in [0, 0.05) is 11.6 Å². The molecule has 2 aliphatic rings. The number of benzene rings is 1. The van der Waals surface area contributed by atoms with E-state index in [0.717, 1.165) is 44.4 Å². The van der Waals surface area contributed by atoms with Crippen molar-refractivity contribution in [2.45, 2.75) is 43.7 Å². The van der Waals surface area contributed by atoms with E-state index in [4.69, 9.17) is 0 Å². The number of carbonyl (C=O) groups is 1. The molecular weight excluding hydrogens is 281 g/mol. The van der Waals surface area contributed by atoms with Crippen molar-refractivity contribution in [1.29, 1.82) is 0 Å². The molecule has 114 valence electrons. The summed E-state index contributed by atoms with van der Waals surface area (Å²) >= 11 is 0. The molecule has 1 spiro atoms. The standard InChI is InChI=1S/C15H17F3N2O/c16-11-3-2-10(12(17)13(11)18)14(21)20-9-4-7-19-15(8-9)5-1-6-15/h2-3,9,19H,1,4-8H2,(H,20,21). The number of amides is 1. The second-order valence-corrected chi connectivity index (χ2v) is 5.95. The van der Waals surface area contributed by atoms with Crippen molar-refractivity contribution in [2.75, 3.05) is 6.54 Å². The summed E-state index contributed by atoms with van der Waals surface area (Å²) in [7, 11) is 0. The summed E-state index contributed by atoms with van der Waals surface area (Å²) in [5.74, 6) is -5.02. The first-order chi connectivity index (χ1) is 10.0. The van der Waals surface area contributed by atoms with Gasteiger partial charge in [0.25, 0.3) is 5.91 Å². The molecule has 1 saturated heterocycles. The highest BCUT2D eigenvalue weighted by Gasteiger charge is 2.41. The third-order valence-corrected chi connectivity index (χ3v) is 4.56. The Hall–Kier alpha value is -1.56. The van der Waals surface area contributed by atoms with E-state index in [2.05, 4.69) is 10.6 Å². The van der Waals surface area contributed by atoms with Crippen molar-refractivity contribution in [2.24, 2.45) is 0 Å². The maximum Gasteiger partial charge on any atom is 0.254 e. The maximum atomic E-state index is 13.6. The predicted molar refractivity (Wildman–Crippen MR) is 71.4 cm³/mol. The number of halogens is 3. The third kappa shape index (κ3) is 2.64. The van der Waals surface area contributed by atoms with Crippen LogP contribution in [0.2, 0.25) is 0 Å². The lowest BCUT2D eigenvalue weighted by Gasteiger charge is -2.48. The number of piperidine rings is 1. The van der Waals surface area contributed by atoms with Crippen LogP contribution in [0, 0.1) is 17.5 Å². The van der Waals surface area contributed by atoms with E-state index >= 15 is 0 Å². The zero-order valence-corrected chi connectivity index (χ0v) is 11.5. The van der Waals surface area contributed by atoms with E-state index in [0.29, 0.717) is 0 Å². The van der Waals surface area contributed by atoms with Crippen molar-refractivity contribution in [1.82, 2.24) is 10.6 Å². The summed E-state index contributed by atoms with van der Waals surface area (Å²) in [6.45, 7) is 0.797. The monoisotopic (exact) mass is 298 g/mol. The van der Waals surface area contributed by atoms with Gasteiger partial charge in [0.2, 0.25) is 0 Å². The highest BCUT2D eigenvalue weighted by Crippen LogP contribution is 2.38. The molecule has 0 bridgehead atoms. The first-order valence-electron chi connectivity index (χ1n) is 7.20. The average Bonchev–Trinajstić information content (AvgIpc) is 2.43. The fourth-order valence-corrected chi connectivity index (χ4v) is 3.23. The SMILES string of the molecule is O=C(NC1CCNC2(CCC2)C1)c1ccc(F)c(F)c1F. The Bertz CT molecular complexity index is 572. The van der Waals surface area contributed by atoms with Gasteiger partial charge in [0.15, 0.2) is 17.5 Å². The molecule has 3 rings (SSSR count). The van der Waals surface area contributed by atoms with Gasteiger partial charge in [-0.2, -0.15) is 0 Å². The number of nitrogens with one attached hydrogen (secondary N) is 2. The molecule has 2 N–H and O–H groups in total. The fourth-order valence-electron chi connectivity index (χ4n) is 3.23. The molecule has 1 aromatic carbocycles. The van der Waals surface area contributed by atoms with E-state index in [1.54, 1.807) is 0 Å². The quantitative estimate of drug-likeness (QED) is 0.824. The molecule has 1 heterocycles. The highest BCUT2D eigenvalue weighted by molar-refractivity contribution is 5.94. The zero-order valence-electron chi connectivity index (χ0n) is 11.5. The number of rotatable bonds is 2. The molecule has 1 aliphatic heterocycles. The molecule has 1 saturated carbocycles. The molecule has 1 unspecified atom stereocenters. The van der Waals surface area contributed by atoms with E-state index in [1.165, 1.54) is 6.42 Å². The Kier molecular flexibility index (Phi) is 3.65. The Labute approximate surface area is 120 Å². The first-order valence-corrected chi connectivity index (χ1v) is 7.20. The lowest BCUT2D eigenvalue weighted by atomic mass is 9.70. The van der Waals surface area contributed by atoms with E-state index in [-0.39, 0.29) is 11.6 Å². The summed E-state index contributed by atoms with van der Waals surface area (Å²) in [4.78, 5) is 12.1. The van der Waals surface area contributed by atoms with Crippen LogP contribution in [0.15, 0.2) is 12.1 Å². The van der Waals surface area contributed by atoms with Crippen LogP contribution in [-0.2, 0) is 0 Å². The summed E-state index contributed by atoms with van der Waals surface area (Å²) in [6.07, 6.45) is 4.88. The van der Waals surface area contributed by atoms with Gasteiger partial charge in [-0.15, -0.1) is 0 Å². The van der Waals surface area contributed by atoms with E-state index < -0.39 is 28.9 Å². The zero-order chi connectivity index (χ0) is 15.0. The van der Waals surface area contributed by atoms with Gasteiger partial charge < -0.3 is 10.6 Å². The topological polar surface area (TPSA) is 41.1 Å². The summed E-state index contributed by atoms with van der Waals surface area (Å²) in [5, 5.41) is 6.21. The molecule has 1 aliphatic carbocycles. The van der Waals surface area contributed by atoms with Crippen molar-refractivity contribution in [3.63, 3.8) is 0 Å². The molecule has 1 amide bonds. The van der Waals surface area contributed by atoms with Crippen LogP contribution < -0.4 is 10.6 Å². The number of hydrogen-bond donors (Lipinski definition) is 2. The van der Waals surface area contributed by atoms with Crippen LogP contribution in [-0.4, -0.2) is 24.0 Å². The van der Waals surface area contributed by atoms with Crippen LogP contribution in [0.5, 0.6) is 0 Å². The molecule has 6 heteroatoms. The molecule has 0 aromatic heterocycles. The van der Waals surface area contributed by atoms with Gasteiger partial charge in [-0.05, 0) is 50.8 Å². The van der Waals surface area contributed by atoms with Crippen molar-refractivity contribution in [3.8, 4) is 0 Å². The van der Waals surface area contributed by atoms with Crippen molar-refractivity contribution < 1.29 is 18.0 Å². The predicted octanol–water partition coefficient (Wildman–Crippen LogP) is 2.51. The molecule has 0 radical (unpaired) electrons. The minimum atomic E-state index is -1.61. The van der Waals surface area contributed by atoms with Crippen LogP contribution in [0.3, 0.4) is 0 Å². The number of carbonyl (C=O) groups excluding carboxylic acids is 1. The Balaban J connectivity index is 1.70. The lowest BCUT2D eigenvalue weighted by Crippen LogP contribution is -2.59. The van der Waals surface area contributed by atoms with Crippen LogP contribution >= 0.6 is 0 Å². The van der Waals surface area contributed by atoms with Gasteiger partial charge in [-0.3, -0.25) is 4.79 Å². The summed E-state index contributed by atoms with van der Waals surface area (Å²) < 4.78 is 39.7. The summed E-state index contributed by atoms with van der Waals surface area (Å²) in [6, 6.07) is 1.68. The Morgan fingerprint density at radius 3 is 2.67 bits per heavy atom. The van der Waals surface area contributed by atoms with Gasteiger partial charge in [-0.25, -0.2) is 13.2 Å². The van der Waals surface area contributed by atoms with Gasteiger partial charge >= 0.3 is 0 Å². The normalized spacial score (nSPS) is 23.7. The minimum absolute atomic E-state index is 0.0634. The second kappa shape index (κ2) is 5.33. The van der Waals surface area contributed by atoms with Crippen LogP contribution in [0.25, 0.3) is 0 Å². The largest absolute Gasteiger partial charge is 0.349 e. The second-order valence-electron chi connectivity index (χ2n) is 5.95. The average molecular weight is 298 g/mol. The smallest absolute Gasteiger partial charge is 0.254 e. The lowest BCUT2D eigenvalue weighted by molar-refractivity contribution is 0.0848. The Morgan fingerprint density at radius 2 is 2.00 bits per heavy atom. The molecule has 3 nitrogen and oxygen atoms in total. The fraction of sp³-hybridized carbons (Fsp3) is 0.533. The van der Waals surface area contributed by atoms with E-state index in [1.807, 2.05) is 0 Å². The minimum Gasteiger partial charge on any atom is -0.349 e. The highest BCUT2D eigenvalue weighted by atomic mass is 19.2. The first kappa shape index (κ1) is 14.4. The van der Waals surface area contributed by atoms with Crippen LogP contribution in [0.4, 0.5) is 13.2 Å². The van der Waals surface area contributed by atoms with Crippen molar-refractivity contribution in [3.05, 3.63) is 35.1 Å². The van der Waals surface area contributed by atoms with Gasteiger partial charge in [-0.1, -0.05) is 0 Å². The number of hydrogen-bond acceptors (Lipinski definition) is 2. The molecule has 1 aromatic rings. The Morgan fingerprint density at radius 1 is 1.24 bits per heavy atom. The third-order valence-electron chi connectivity index (χ3n) is 4.56. The molecule has 21 heavy (non-hydrogen) atoms. The summed E-state index contributed by atoms with van der Waals surface area (Å²) in [5.41, 5.74) is -0.349. The van der Waals surface area contributed by atoms with E-state index in [9.17, 15) is 18.0 Å². The maximum absolute atomic E-state index is 13.6. The van der Waals surface area contributed by atoms with Crippen LogP contribution in [0.1, 0.15) is 42.5 Å². The molecule has 2 fully saturated rings. The molecule has 1 atom stereocenters.